The van der Waals surface area contributed by atoms with Gasteiger partial charge in [0.1, 0.15) is 0 Å². The summed E-state index contributed by atoms with van der Waals surface area (Å²) in [5.74, 6) is 0.247. The molecule has 2 N–H and O–H groups in total. The van der Waals surface area contributed by atoms with Gasteiger partial charge in [-0.1, -0.05) is 23.2 Å². The van der Waals surface area contributed by atoms with E-state index in [0.717, 1.165) is 37.9 Å². The van der Waals surface area contributed by atoms with Crippen molar-refractivity contribution in [1.29, 1.82) is 0 Å². The van der Waals surface area contributed by atoms with Crippen LogP contribution in [0.15, 0.2) is 18.2 Å². The molecule has 0 bridgehead atoms. The maximum Gasteiger partial charge on any atom is 0.224 e. The molecular formula is C14H19Cl3N2O. The number of benzene rings is 1. The van der Waals surface area contributed by atoms with E-state index < -0.39 is 0 Å². The first-order valence-corrected chi connectivity index (χ1v) is 7.34. The fraction of sp³-hybridized carbons (Fsp3) is 0.500. The summed E-state index contributed by atoms with van der Waals surface area (Å²) < 4.78 is 0. The third kappa shape index (κ3) is 5.49. The van der Waals surface area contributed by atoms with Crippen molar-refractivity contribution in [3.63, 3.8) is 0 Å². The number of rotatable bonds is 4. The lowest BCUT2D eigenvalue weighted by Crippen LogP contribution is -2.41. The summed E-state index contributed by atoms with van der Waals surface area (Å²) in [5.41, 5.74) is 1.04. The number of halogens is 3. The molecule has 2 rings (SSSR count). The fourth-order valence-electron chi connectivity index (χ4n) is 2.31. The lowest BCUT2D eigenvalue weighted by molar-refractivity contribution is -0.125. The average Bonchev–Trinajstić information content (AvgIpc) is 2.38. The Morgan fingerprint density at radius 1 is 1.30 bits per heavy atom. The molecule has 0 spiro atoms. The third-order valence-electron chi connectivity index (χ3n) is 3.30. The SMILES string of the molecule is Cl.O=C(NCCc1cc(Cl)cc(Cl)c1)C1CCCNC1. The summed E-state index contributed by atoms with van der Waals surface area (Å²) >= 11 is 11.9. The lowest BCUT2D eigenvalue weighted by Gasteiger charge is -2.21. The quantitative estimate of drug-likeness (QED) is 0.886. The number of piperidine rings is 1. The normalized spacial score (nSPS) is 18.2. The standard InChI is InChI=1S/C14H18Cl2N2O.ClH/c15-12-6-10(7-13(16)8-12)3-5-18-14(19)11-2-1-4-17-9-11;/h6-8,11,17H,1-5,9H2,(H,18,19);1H. The van der Waals surface area contributed by atoms with Gasteiger partial charge in [0.2, 0.25) is 5.91 Å². The van der Waals surface area contributed by atoms with Crippen LogP contribution in [0.2, 0.25) is 10.0 Å². The van der Waals surface area contributed by atoms with E-state index in [1.54, 1.807) is 6.07 Å². The van der Waals surface area contributed by atoms with Gasteiger partial charge in [-0.15, -0.1) is 12.4 Å². The molecule has 112 valence electrons. The summed E-state index contributed by atoms with van der Waals surface area (Å²) in [6.45, 7) is 2.42. The van der Waals surface area contributed by atoms with Crippen LogP contribution in [-0.2, 0) is 11.2 Å². The number of hydrogen-bond acceptors (Lipinski definition) is 2. The average molecular weight is 338 g/mol. The van der Waals surface area contributed by atoms with Gasteiger partial charge in [-0.3, -0.25) is 4.79 Å². The second-order valence-electron chi connectivity index (χ2n) is 4.86. The minimum absolute atomic E-state index is 0. The predicted molar refractivity (Wildman–Crippen MR) is 86.0 cm³/mol. The Morgan fingerprint density at radius 2 is 2.00 bits per heavy atom. The van der Waals surface area contributed by atoms with Gasteiger partial charge in [-0.05, 0) is 49.6 Å². The van der Waals surface area contributed by atoms with Crippen molar-refractivity contribution in [2.75, 3.05) is 19.6 Å². The molecule has 1 heterocycles. The summed E-state index contributed by atoms with van der Waals surface area (Å²) in [5, 5.41) is 7.48. The van der Waals surface area contributed by atoms with Crippen molar-refractivity contribution in [1.82, 2.24) is 10.6 Å². The molecule has 1 aliphatic rings. The molecule has 6 heteroatoms. The zero-order valence-corrected chi connectivity index (χ0v) is 13.5. The van der Waals surface area contributed by atoms with E-state index in [-0.39, 0.29) is 24.2 Å². The highest BCUT2D eigenvalue weighted by Gasteiger charge is 2.20. The first kappa shape index (κ1) is 17.6. The molecule has 1 fully saturated rings. The Labute approximate surface area is 135 Å². The van der Waals surface area contributed by atoms with Gasteiger partial charge >= 0.3 is 0 Å². The third-order valence-corrected chi connectivity index (χ3v) is 3.74. The molecule has 0 radical (unpaired) electrons. The van der Waals surface area contributed by atoms with E-state index in [4.69, 9.17) is 23.2 Å². The van der Waals surface area contributed by atoms with E-state index in [1.165, 1.54) is 0 Å². The van der Waals surface area contributed by atoms with Gasteiger partial charge in [0, 0.05) is 23.1 Å². The van der Waals surface area contributed by atoms with Crippen LogP contribution >= 0.6 is 35.6 Å². The van der Waals surface area contributed by atoms with Gasteiger partial charge in [0.05, 0.1) is 5.92 Å². The molecule has 1 unspecified atom stereocenters. The molecular weight excluding hydrogens is 319 g/mol. The molecule has 0 saturated carbocycles. The van der Waals surface area contributed by atoms with E-state index in [9.17, 15) is 4.79 Å². The summed E-state index contributed by atoms with van der Waals surface area (Å²) in [7, 11) is 0. The van der Waals surface area contributed by atoms with Crippen LogP contribution in [0.5, 0.6) is 0 Å². The molecule has 1 atom stereocenters. The Bertz CT molecular complexity index is 428. The highest BCUT2D eigenvalue weighted by molar-refractivity contribution is 6.34. The van der Waals surface area contributed by atoms with Crippen molar-refractivity contribution in [3.8, 4) is 0 Å². The maximum atomic E-state index is 11.9. The van der Waals surface area contributed by atoms with Gasteiger partial charge in [-0.25, -0.2) is 0 Å². The molecule has 1 saturated heterocycles. The highest BCUT2D eigenvalue weighted by Crippen LogP contribution is 2.19. The first-order chi connectivity index (χ1) is 9.15. The van der Waals surface area contributed by atoms with Crippen molar-refractivity contribution in [3.05, 3.63) is 33.8 Å². The predicted octanol–water partition coefficient (Wildman–Crippen LogP) is 3.07. The van der Waals surface area contributed by atoms with Crippen LogP contribution in [-0.4, -0.2) is 25.5 Å². The number of carbonyl (C=O) groups is 1. The molecule has 3 nitrogen and oxygen atoms in total. The highest BCUT2D eigenvalue weighted by atomic mass is 35.5. The van der Waals surface area contributed by atoms with Crippen LogP contribution in [0, 0.1) is 5.92 Å². The minimum atomic E-state index is 0. The number of hydrogen-bond donors (Lipinski definition) is 2. The molecule has 1 aliphatic heterocycles. The van der Waals surface area contributed by atoms with Gasteiger partial charge in [-0.2, -0.15) is 0 Å². The van der Waals surface area contributed by atoms with E-state index in [2.05, 4.69) is 10.6 Å². The van der Waals surface area contributed by atoms with Crippen LogP contribution < -0.4 is 10.6 Å². The summed E-state index contributed by atoms with van der Waals surface area (Å²) in [6, 6.07) is 5.46. The second kappa shape index (κ2) is 8.73. The van der Waals surface area contributed by atoms with Crippen molar-refractivity contribution in [2.45, 2.75) is 19.3 Å². The van der Waals surface area contributed by atoms with Crippen LogP contribution in [0.4, 0.5) is 0 Å². The van der Waals surface area contributed by atoms with Crippen molar-refractivity contribution in [2.24, 2.45) is 5.92 Å². The molecule has 1 aromatic carbocycles. The van der Waals surface area contributed by atoms with E-state index >= 15 is 0 Å². The Morgan fingerprint density at radius 3 is 2.60 bits per heavy atom. The molecule has 1 amide bonds. The molecule has 0 aliphatic carbocycles. The number of amides is 1. The van der Waals surface area contributed by atoms with Crippen LogP contribution in [0.3, 0.4) is 0 Å². The molecule has 0 aromatic heterocycles. The van der Waals surface area contributed by atoms with Crippen LogP contribution in [0.25, 0.3) is 0 Å². The monoisotopic (exact) mass is 336 g/mol. The number of carbonyl (C=O) groups excluding carboxylic acids is 1. The topological polar surface area (TPSA) is 41.1 Å². The number of nitrogens with one attached hydrogen (secondary N) is 2. The van der Waals surface area contributed by atoms with E-state index in [1.807, 2.05) is 12.1 Å². The zero-order valence-electron chi connectivity index (χ0n) is 11.1. The van der Waals surface area contributed by atoms with Gasteiger partial charge < -0.3 is 10.6 Å². The summed E-state index contributed by atoms with van der Waals surface area (Å²) in [4.78, 5) is 11.9. The lowest BCUT2D eigenvalue weighted by atomic mass is 9.99. The zero-order chi connectivity index (χ0) is 13.7. The maximum absolute atomic E-state index is 11.9. The second-order valence-corrected chi connectivity index (χ2v) is 5.73. The van der Waals surface area contributed by atoms with Crippen LogP contribution in [0.1, 0.15) is 18.4 Å². The Hall–Kier alpha value is -0.480. The van der Waals surface area contributed by atoms with Gasteiger partial charge in [0.25, 0.3) is 0 Å². The molecule has 1 aromatic rings. The largest absolute Gasteiger partial charge is 0.355 e. The van der Waals surface area contributed by atoms with Crippen molar-refractivity contribution >= 4 is 41.5 Å². The fourth-order valence-corrected chi connectivity index (χ4v) is 2.88. The summed E-state index contributed by atoms with van der Waals surface area (Å²) in [6.07, 6.45) is 2.79. The Kier molecular flexibility index (Phi) is 7.67. The minimum Gasteiger partial charge on any atom is -0.355 e. The van der Waals surface area contributed by atoms with Gasteiger partial charge in [0.15, 0.2) is 0 Å². The smallest absolute Gasteiger partial charge is 0.224 e. The first-order valence-electron chi connectivity index (χ1n) is 6.58. The van der Waals surface area contributed by atoms with E-state index in [0.29, 0.717) is 16.6 Å². The Balaban J connectivity index is 0.00000200. The van der Waals surface area contributed by atoms with Crippen molar-refractivity contribution < 1.29 is 4.79 Å². The molecule has 20 heavy (non-hydrogen) atoms.